The number of carbonyl (C=O) groups is 1. The van der Waals surface area contributed by atoms with Crippen molar-refractivity contribution in [3.05, 3.63) is 96.9 Å². The first-order valence-electron chi connectivity index (χ1n) is 12.1. The van der Waals surface area contributed by atoms with Gasteiger partial charge in [-0.05, 0) is 68.4 Å². The number of amides is 1. The SMILES string of the molecule is O=C(C=Cc1cn(-c2ccccc2)nc1-c1cccnc1)NCC(c1ccco1)N1CCCCC1. The van der Waals surface area contributed by atoms with Crippen LogP contribution < -0.4 is 5.32 Å². The van der Waals surface area contributed by atoms with Gasteiger partial charge in [-0.3, -0.25) is 14.7 Å². The smallest absolute Gasteiger partial charge is 0.244 e. The average Bonchev–Trinajstić information content (AvgIpc) is 3.60. The Kier molecular flexibility index (Phi) is 7.15. The number of aromatic nitrogens is 3. The monoisotopic (exact) mass is 467 g/mol. The molecule has 1 amide bonds. The summed E-state index contributed by atoms with van der Waals surface area (Å²) < 4.78 is 7.51. The van der Waals surface area contributed by atoms with Gasteiger partial charge in [0.05, 0.1) is 18.0 Å². The van der Waals surface area contributed by atoms with Crippen molar-refractivity contribution in [2.24, 2.45) is 0 Å². The van der Waals surface area contributed by atoms with E-state index in [0.29, 0.717) is 6.54 Å². The molecule has 4 aromatic rings. The van der Waals surface area contributed by atoms with Crippen LogP contribution in [0.15, 0.2) is 89.9 Å². The topological polar surface area (TPSA) is 76.2 Å². The molecule has 7 heteroatoms. The first-order valence-corrected chi connectivity index (χ1v) is 12.1. The molecule has 1 saturated heterocycles. The molecule has 0 saturated carbocycles. The molecule has 1 aliphatic rings. The zero-order valence-corrected chi connectivity index (χ0v) is 19.6. The lowest BCUT2D eigenvalue weighted by molar-refractivity contribution is -0.116. The predicted molar refractivity (Wildman–Crippen MR) is 136 cm³/mol. The number of nitrogens with zero attached hydrogens (tertiary/aromatic N) is 4. The van der Waals surface area contributed by atoms with Gasteiger partial charge in [-0.2, -0.15) is 5.10 Å². The van der Waals surface area contributed by atoms with Crippen molar-refractivity contribution >= 4 is 12.0 Å². The fourth-order valence-corrected chi connectivity index (χ4v) is 4.49. The Hall–Kier alpha value is -3.97. The van der Waals surface area contributed by atoms with Crippen molar-refractivity contribution in [3.63, 3.8) is 0 Å². The molecule has 1 fully saturated rings. The highest BCUT2D eigenvalue weighted by atomic mass is 16.3. The van der Waals surface area contributed by atoms with Crippen LogP contribution in [-0.2, 0) is 4.79 Å². The molecule has 4 heterocycles. The quantitative estimate of drug-likeness (QED) is 0.374. The third kappa shape index (κ3) is 5.58. The van der Waals surface area contributed by atoms with Gasteiger partial charge in [-0.15, -0.1) is 0 Å². The van der Waals surface area contributed by atoms with Crippen LogP contribution in [0.1, 0.15) is 36.6 Å². The normalized spacial score (nSPS) is 15.3. The number of nitrogens with one attached hydrogen (secondary N) is 1. The van der Waals surface area contributed by atoms with Gasteiger partial charge >= 0.3 is 0 Å². The minimum atomic E-state index is -0.150. The molecule has 35 heavy (non-hydrogen) atoms. The van der Waals surface area contributed by atoms with Crippen LogP contribution in [-0.4, -0.2) is 45.2 Å². The number of carbonyl (C=O) groups excluding carboxylic acids is 1. The van der Waals surface area contributed by atoms with E-state index in [2.05, 4.69) is 15.2 Å². The molecule has 0 aliphatic carbocycles. The Bertz CT molecular complexity index is 1240. The van der Waals surface area contributed by atoms with Crippen LogP contribution in [0.3, 0.4) is 0 Å². The van der Waals surface area contributed by atoms with Gasteiger partial charge in [0.25, 0.3) is 0 Å². The second-order valence-corrected chi connectivity index (χ2v) is 8.66. The Balaban J connectivity index is 1.33. The van der Waals surface area contributed by atoms with Gasteiger partial charge < -0.3 is 9.73 Å². The van der Waals surface area contributed by atoms with E-state index in [1.165, 1.54) is 19.3 Å². The van der Waals surface area contributed by atoms with E-state index in [-0.39, 0.29) is 11.9 Å². The number of para-hydroxylation sites is 1. The van der Waals surface area contributed by atoms with Gasteiger partial charge in [0.1, 0.15) is 11.5 Å². The maximum Gasteiger partial charge on any atom is 0.244 e. The van der Waals surface area contributed by atoms with E-state index in [1.54, 1.807) is 24.7 Å². The van der Waals surface area contributed by atoms with Gasteiger partial charge in [-0.25, -0.2) is 4.68 Å². The van der Waals surface area contributed by atoms with Crippen LogP contribution in [0.2, 0.25) is 0 Å². The summed E-state index contributed by atoms with van der Waals surface area (Å²) in [5.74, 6) is 0.738. The lowest BCUT2D eigenvalue weighted by Gasteiger charge is -2.33. The van der Waals surface area contributed by atoms with E-state index < -0.39 is 0 Å². The fourth-order valence-electron chi connectivity index (χ4n) is 4.49. The minimum absolute atomic E-state index is 0.0365. The number of hydrogen-bond acceptors (Lipinski definition) is 5. The fraction of sp³-hybridized carbons (Fsp3) is 0.250. The molecule has 3 aromatic heterocycles. The first kappa shape index (κ1) is 22.8. The molecular weight excluding hydrogens is 438 g/mol. The number of likely N-dealkylation sites (tertiary alicyclic amines) is 1. The highest BCUT2D eigenvalue weighted by molar-refractivity contribution is 5.92. The van der Waals surface area contributed by atoms with Gasteiger partial charge in [0.2, 0.25) is 5.91 Å². The number of piperidine rings is 1. The maximum absolute atomic E-state index is 12.8. The third-order valence-corrected chi connectivity index (χ3v) is 6.29. The summed E-state index contributed by atoms with van der Waals surface area (Å²) in [5, 5.41) is 7.84. The summed E-state index contributed by atoms with van der Waals surface area (Å²) in [5.41, 5.74) is 3.46. The van der Waals surface area contributed by atoms with Crippen LogP contribution in [0.25, 0.3) is 23.0 Å². The van der Waals surface area contributed by atoms with E-state index in [9.17, 15) is 4.79 Å². The number of benzene rings is 1. The number of rotatable bonds is 8. The molecule has 7 nitrogen and oxygen atoms in total. The molecule has 178 valence electrons. The molecule has 5 rings (SSSR count). The second-order valence-electron chi connectivity index (χ2n) is 8.66. The van der Waals surface area contributed by atoms with E-state index >= 15 is 0 Å². The predicted octanol–water partition coefficient (Wildman–Crippen LogP) is 4.88. The van der Waals surface area contributed by atoms with Crippen LogP contribution in [0, 0.1) is 0 Å². The van der Waals surface area contributed by atoms with Crippen molar-refractivity contribution in [2.75, 3.05) is 19.6 Å². The number of hydrogen-bond donors (Lipinski definition) is 1. The molecule has 0 bridgehead atoms. The summed E-state index contributed by atoms with van der Waals surface area (Å²) in [7, 11) is 0. The summed E-state index contributed by atoms with van der Waals surface area (Å²) >= 11 is 0. The van der Waals surface area contributed by atoms with Crippen molar-refractivity contribution in [2.45, 2.75) is 25.3 Å². The molecule has 0 spiro atoms. The molecule has 1 aliphatic heterocycles. The van der Waals surface area contributed by atoms with Crippen molar-refractivity contribution < 1.29 is 9.21 Å². The summed E-state index contributed by atoms with van der Waals surface area (Å²) in [6.45, 7) is 2.53. The highest BCUT2D eigenvalue weighted by Gasteiger charge is 2.24. The number of furan rings is 1. The Morgan fingerprint density at radius 3 is 2.66 bits per heavy atom. The van der Waals surface area contributed by atoms with Crippen LogP contribution in [0.4, 0.5) is 0 Å². The van der Waals surface area contributed by atoms with Gasteiger partial charge in [-0.1, -0.05) is 24.6 Å². The van der Waals surface area contributed by atoms with Crippen LogP contribution in [0.5, 0.6) is 0 Å². The molecule has 0 radical (unpaired) electrons. The largest absolute Gasteiger partial charge is 0.468 e. The summed E-state index contributed by atoms with van der Waals surface area (Å²) in [4.78, 5) is 19.4. The Morgan fingerprint density at radius 2 is 1.91 bits per heavy atom. The molecule has 1 atom stereocenters. The minimum Gasteiger partial charge on any atom is -0.468 e. The molecule has 1 N–H and O–H groups in total. The zero-order chi connectivity index (χ0) is 23.9. The standard InChI is InChI=1S/C28H29N5O2/c34-27(30-20-25(26-12-8-18-35-26)32-16-5-2-6-17-32)14-13-23-21-33(24-10-3-1-4-11-24)31-28(23)22-9-7-15-29-19-22/h1,3-4,7-15,18-19,21,25H,2,5-6,16-17,20H2,(H,30,34). The van der Waals surface area contributed by atoms with Gasteiger partial charge in [0, 0.05) is 42.3 Å². The average molecular weight is 468 g/mol. The van der Waals surface area contributed by atoms with Crippen LogP contribution >= 0.6 is 0 Å². The van der Waals surface area contributed by atoms with Gasteiger partial charge in [0.15, 0.2) is 0 Å². The van der Waals surface area contributed by atoms with Crippen molar-refractivity contribution in [1.29, 1.82) is 0 Å². The molecule has 1 aromatic carbocycles. The zero-order valence-electron chi connectivity index (χ0n) is 19.6. The second kappa shape index (κ2) is 11.0. The third-order valence-electron chi connectivity index (χ3n) is 6.29. The first-order chi connectivity index (χ1) is 17.3. The maximum atomic E-state index is 12.8. The Labute approximate surface area is 205 Å². The lowest BCUT2D eigenvalue weighted by atomic mass is 10.1. The van der Waals surface area contributed by atoms with E-state index in [1.807, 2.05) is 71.6 Å². The summed E-state index contributed by atoms with van der Waals surface area (Å²) in [6, 6.07) is 17.7. The van der Waals surface area contributed by atoms with Crippen molar-refractivity contribution in [3.8, 4) is 16.9 Å². The van der Waals surface area contributed by atoms with Crippen molar-refractivity contribution in [1.82, 2.24) is 25.0 Å². The highest BCUT2D eigenvalue weighted by Crippen LogP contribution is 2.26. The summed E-state index contributed by atoms with van der Waals surface area (Å²) in [6.07, 6.45) is 14.1. The number of pyridine rings is 1. The van der Waals surface area contributed by atoms with E-state index in [4.69, 9.17) is 9.52 Å². The van der Waals surface area contributed by atoms with E-state index in [0.717, 1.165) is 41.4 Å². The molecule has 1 unspecified atom stereocenters. The molecular formula is C28H29N5O2. The lowest BCUT2D eigenvalue weighted by Crippen LogP contribution is -2.40. The Morgan fingerprint density at radius 1 is 1.06 bits per heavy atom.